The first kappa shape index (κ1) is 22.2. The van der Waals surface area contributed by atoms with E-state index in [1.807, 2.05) is 24.3 Å². The van der Waals surface area contributed by atoms with Gasteiger partial charge in [0.05, 0.1) is 15.5 Å². The summed E-state index contributed by atoms with van der Waals surface area (Å²) < 4.78 is 21.6. The molecule has 0 N–H and O–H groups in total. The van der Waals surface area contributed by atoms with Crippen molar-refractivity contribution in [3.05, 3.63) is 39.3 Å². The summed E-state index contributed by atoms with van der Waals surface area (Å²) in [5.74, 6) is -0.324. The van der Waals surface area contributed by atoms with Crippen molar-refractivity contribution in [3.63, 3.8) is 0 Å². The van der Waals surface area contributed by atoms with Gasteiger partial charge in [-0.05, 0) is 70.8 Å². The number of hydrogen-bond acceptors (Lipinski definition) is 8. The Kier molecular flexibility index (Phi) is 6.77. The molecule has 0 radical (unpaired) electrons. The molecule has 1 heterocycles. The van der Waals surface area contributed by atoms with Crippen LogP contribution in [-0.2, 0) is 19.0 Å². The van der Waals surface area contributed by atoms with Crippen molar-refractivity contribution >= 4 is 66.1 Å². The van der Waals surface area contributed by atoms with Gasteiger partial charge in [-0.3, -0.25) is 0 Å². The lowest BCUT2D eigenvalue weighted by Gasteiger charge is -2.19. The average molecular weight is 542 g/mol. The summed E-state index contributed by atoms with van der Waals surface area (Å²) in [7, 11) is 0. The van der Waals surface area contributed by atoms with Gasteiger partial charge in [-0.1, -0.05) is 12.1 Å². The van der Waals surface area contributed by atoms with Crippen LogP contribution in [0.4, 0.5) is 4.79 Å². The van der Waals surface area contributed by atoms with Gasteiger partial charge in [0.25, 0.3) is 0 Å². The maximum absolute atomic E-state index is 11.7. The molecule has 2 aromatic carbocycles. The number of para-hydroxylation sites is 2. The Labute approximate surface area is 189 Å². The molecule has 10 heteroatoms. The molecule has 3 aromatic rings. The predicted octanol–water partition coefficient (Wildman–Crippen LogP) is 5.14. The Morgan fingerprint density at radius 2 is 1.60 bits per heavy atom. The van der Waals surface area contributed by atoms with E-state index in [1.165, 1.54) is 0 Å². The van der Waals surface area contributed by atoms with Crippen LogP contribution in [0, 0.1) is 0 Å². The van der Waals surface area contributed by atoms with Crippen LogP contribution in [0.5, 0.6) is 5.75 Å². The molecule has 0 fully saturated rings. The van der Waals surface area contributed by atoms with Gasteiger partial charge >= 0.3 is 12.1 Å². The lowest BCUT2D eigenvalue weighted by atomic mass is 10.2. The third-order valence-electron chi connectivity index (χ3n) is 3.59. The molecule has 1 aromatic heterocycles. The Morgan fingerprint density at radius 1 is 0.967 bits per heavy atom. The molecule has 0 bridgehead atoms. The van der Waals surface area contributed by atoms with Gasteiger partial charge < -0.3 is 18.9 Å². The molecule has 158 valence electrons. The quantitative estimate of drug-likeness (QED) is 0.249. The fourth-order valence-corrected chi connectivity index (χ4v) is 3.83. The number of hydrogen-bond donors (Lipinski definition) is 0. The highest BCUT2D eigenvalue weighted by Crippen LogP contribution is 2.37. The molecule has 3 rings (SSSR count). The normalized spacial score (nSPS) is 11.4. The lowest BCUT2D eigenvalue weighted by molar-refractivity contribution is -0.159. The molecule has 0 aliphatic heterocycles. The number of halogens is 2. The summed E-state index contributed by atoms with van der Waals surface area (Å²) in [5.41, 5.74) is 1.84. The van der Waals surface area contributed by atoms with Crippen LogP contribution in [0.15, 0.2) is 39.3 Å². The second kappa shape index (κ2) is 9.13. The second-order valence-corrected chi connectivity index (χ2v) is 8.82. The number of carbonyl (C=O) groups is 2. The Balaban J connectivity index is 1.68. The first-order valence-corrected chi connectivity index (χ1v) is 10.4. The van der Waals surface area contributed by atoms with Crippen molar-refractivity contribution in [2.75, 3.05) is 13.4 Å². The zero-order valence-corrected chi connectivity index (χ0v) is 19.6. The van der Waals surface area contributed by atoms with Crippen LogP contribution >= 0.6 is 31.9 Å². The van der Waals surface area contributed by atoms with Crippen LogP contribution in [0.3, 0.4) is 0 Å². The van der Waals surface area contributed by atoms with Crippen molar-refractivity contribution < 1.29 is 28.5 Å². The smallest absolute Gasteiger partial charge is 0.457 e. The molecule has 0 saturated heterocycles. The minimum Gasteiger partial charge on any atom is -0.457 e. The van der Waals surface area contributed by atoms with Crippen LogP contribution in [0.1, 0.15) is 20.8 Å². The fraction of sp³-hybridized carbons (Fsp3) is 0.300. The SMILES string of the molecule is CC(C)(C)OC(=O)COC(=O)OCOc1c(Br)cc(Br)c2nc3ccccc3nc12. The van der Waals surface area contributed by atoms with Gasteiger partial charge in [0.15, 0.2) is 12.4 Å². The molecule has 0 saturated carbocycles. The van der Waals surface area contributed by atoms with E-state index < -0.39 is 31.1 Å². The molecule has 0 amide bonds. The molecule has 0 unspecified atom stereocenters. The molecule has 8 nitrogen and oxygen atoms in total. The Hall–Kier alpha value is -2.46. The number of rotatable bonds is 5. The maximum Gasteiger partial charge on any atom is 0.511 e. The standard InChI is InChI=1S/C20H18Br2N2O6/c1-20(2,3)30-15(25)9-27-19(26)29-10-28-18-12(22)8-11(21)16-17(18)24-14-7-5-4-6-13(14)23-16/h4-8H,9-10H2,1-3H3. The molecule has 30 heavy (non-hydrogen) atoms. The molecule has 0 spiro atoms. The van der Waals surface area contributed by atoms with Gasteiger partial charge in [0.1, 0.15) is 16.6 Å². The Bertz CT molecular complexity index is 1110. The van der Waals surface area contributed by atoms with Crippen LogP contribution in [-0.4, -0.2) is 41.1 Å². The molecule has 0 aliphatic rings. The fourth-order valence-electron chi connectivity index (χ4n) is 2.49. The summed E-state index contributed by atoms with van der Waals surface area (Å²) in [6, 6.07) is 9.21. The van der Waals surface area contributed by atoms with Crippen LogP contribution in [0.25, 0.3) is 22.1 Å². The topological polar surface area (TPSA) is 96.8 Å². The van der Waals surface area contributed by atoms with Gasteiger partial charge in [0, 0.05) is 4.47 Å². The zero-order chi connectivity index (χ0) is 21.9. The van der Waals surface area contributed by atoms with E-state index in [9.17, 15) is 9.59 Å². The summed E-state index contributed by atoms with van der Waals surface area (Å²) in [6.07, 6.45) is -1.06. The van der Waals surface area contributed by atoms with Gasteiger partial charge in [-0.15, -0.1) is 0 Å². The van der Waals surface area contributed by atoms with E-state index >= 15 is 0 Å². The van der Waals surface area contributed by atoms with Gasteiger partial charge in [0.2, 0.25) is 6.79 Å². The number of aromatic nitrogens is 2. The highest BCUT2D eigenvalue weighted by Gasteiger charge is 2.19. The van der Waals surface area contributed by atoms with E-state index in [0.717, 1.165) is 9.99 Å². The monoisotopic (exact) mass is 540 g/mol. The third-order valence-corrected chi connectivity index (χ3v) is 4.78. The first-order valence-electron chi connectivity index (χ1n) is 8.83. The minimum atomic E-state index is -1.06. The van der Waals surface area contributed by atoms with E-state index in [-0.39, 0.29) is 0 Å². The van der Waals surface area contributed by atoms with E-state index in [4.69, 9.17) is 18.9 Å². The lowest BCUT2D eigenvalue weighted by Crippen LogP contribution is -2.27. The molecule has 0 aliphatic carbocycles. The molecular weight excluding hydrogens is 524 g/mol. The van der Waals surface area contributed by atoms with Crippen LogP contribution in [0.2, 0.25) is 0 Å². The molecular formula is C20H18Br2N2O6. The third kappa shape index (κ3) is 5.57. The summed E-state index contributed by atoms with van der Waals surface area (Å²) in [4.78, 5) is 32.5. The van der Waals surface area contributed by atoms with Crippen molar-refractivity contribution in [2.45, 2.75) is 26.4 Å². The first-order chi connectivity index (χ1) is 14.1. The van der Waals surface area contributed by atoms with E-state index in [0.29, 0.717) is 26.8 Å². The highest BCUT2D eigenvalue weighted by atomic mass is 79.9. The van der Waals surface area contributed by atoms with Crippen LogP contribution < -0.4 is 4.74 Å². The number of fused-ring (bicyclic) bond motifs is 2. The average Bonchev–Trinajstić information content (AvgIpc) is 2.66. The largest absolute Gasteiger partial charge is 0.511 e. The number of nitrogens with zero attached hydrogens (tertiary/aromatic N) is 2. The molecule has 0 atom stereocenters. The van der Waals surface area contributed by atoms with Crippen molar-refractivity contribution in [1.29, 1.82) is 0 Å². The summed E-state index contributed by atoms with van der Waals surface area (Å²) in [5, 5.41) is 0. The number of esters is 1. The van der Waals surface area contributed by atoms with Crippen molar-refractivity contribution in [2.24, 2.45) is 0 Å². The maximum atomic E-state index is 11.7. The van der Waals surface area contributed by atoms with Gasteiger partial charge in [-0.2, -0.15) is 0 Å². The van der Waals surface area contributed by atoms with Crippen molar-refractivity contribution in [3.8, 4) is 5.75 Å². The Morgan fingerprint density at radius 3 is 2.23 bits per heavy atom. The minimum absolute atomic E-state index is 0.353. The number of benzene rings is 2. The zero-order valence-electron chi connectivity index (χ0n) is 16.4. The number of ether oxygens (including phenoxy) is 4. The van der Waals surface area contributed by atoms with Crippen molar-refractivity contribution in [1.82, 2.24) is 9.97 Å². The summed E-state index contributed by atoms with van der Waals surface area (Å²) in [6.45, 7) is 4.13. The van der Waals surface area contributed by atoms with Gasteiger partial charge in [-0.25, -0.2) is 19.6 Å². The van der Waals surface area contributed by atoms with E-state index in [2.05, 4.69) is 41.8 Å². The second-order valence-electron chi connectivity index (χ2n) is 7.11. The van der Waals surface area contributed by atoms with E-state index in [1.54, 1.807) is 26.8 Å². The summed E-state index contributed by atoms with van der Waals surface area (Å²) >= 11 is 6.90. The highest BCUT2D eigenvalue weighted by molar-refractivity contribution is 9.11. The predicted molar refractivity (Wildman–Crippen MR) is 116 cm³/mol. The number of carbonyl (C=O) groups excluding carboxylic acids is 2.